The zero-order valence-electron chi connectivity index (χ0n) is 14.0. The molecule has 2 heterocycles. The molecule has 0 saturated heterocycles. The first kappa shape index (κ1) is 15.9. The van der Waals surface area contributed by atoms with Gasteiger partial charge in [-0.05, 0) is 29.7 Å². The molecule has 1 amide bonds. The van der Waals surface area contributed by atoms with E-state index in [1.807, 2.05) is 29.8 Å². The fourth-order valence-electron chi connectivity index (χ4n) is 2.54. The first-order valence-corrected chi connectivity index (χ1v) is 7.77. The van der Waals surface area contributed by atoms with E-state index in [1.54, 1.807) is 30.3 Å². The molecule has 0 aliphatic rings. The Morgan fingerprint density at radius 2 is 2.12 bits per heavy atom. The average Bonchev–Trinajstić information content (AvgIpc) is 3.17. The van der Waals surface area contributed by atoms with Gasteiger partial charge in [0.25, 0.3) is 5.91 Å². The zero-order chi connectivity index (χ0) is 17.1. The van der Waals surface area contributed by atoms with Crippen LogP contribution in [0, 0.1) is 0 Å². The number of anilines is 1. The highest BCUT2D eigenvalue weighted by Gasteiger charge is 2.13. The zero-order valence-corrected chi connectivity index (χ0v) is 14.0. The molecular formula is C17H20N6O. The maximum atomic E-state index is 12.2. The van der Waals surface area contributed by atoms with Crippen molar-refractivity contribution in [3.63, 3.8) is 0 Å². The minimum absolute atomic E-state index is 0.214. The van der Waals surface area contributed by atoms with Crippen molar-refractivity contribution in [3.05, 3.63) is 59.9 Å². The van der Waals surface area contributed by atoms with Crippen LogP contribution in [0.1, 0.15) is 34.7 Å². The molecule has 0 saturated carbocycles. The molecule has 1 atom stereocenters. The van der Waals surface area contributed by atoms with Crippen molar-refractivity contribution in [2.75, 3.05) is 5.32 Å². The molecular weight excluding hydrogens is 304 g/mol. The lowest BCUT2D eigenvalue weighted by Gasteiger charge is -2.13. The van der Waals surface area contributed by atoms with E-state index in [4.69, 9.17) is 0 Å². The number of nitrogens with one attached hydrogen (secondary N) is 1. The van der Waals surface area contributed by atoms with Crippen molar-refractivity contribution in [1.29, 1.82) is 0 Å². The maximum Gasteiger partial charge on any atom is 0.276 e. The number of amides is 1. The normalized spacial score (nSPS) is 12.1. The number of benzene rings is 1. The molecule has 0 spiro atoms. The summed E-state index contributed by atoms with van der Waals surface area (Å²) in [5.74, 6) is 0.985. The van der Waals surface area contributed by atoms with Crippen LogP contribution in [-0.4, -0.2) is 30.5 Å². The minimum Gasteiger partial charge on any atom is -0.321 e. The highest BCUT2D eigenvalue weighted by molar-refractivity contribution is 6.02. The van der Waals surface area contributed by atoms with Crippen molar-refractivity contribution >= 4 is 11.6 Å². The summed E-state index contributed by atoms with van der Waals surface area (Å²) in [6.45, 7) is 2.13. The molecule has 7 heteroatoms. The molecule has 124 valence electrons. The first-order chi connectivity index (χ1) is 11.5. The SMILES string of the molecule is C[C@H](Cc1nncn1C)c1cccc(NC(=O)c2ccn(C)n2)c1. The smallest absolute Gasteiger partial charge is 0.276 e. The number of rotatable bonds is 5. The van der Waals surface area contributed by atoms with Crippen LogP contribution in [0.5, 0.6) is 0 Å². The molecule has 0 unspecified atom stereocenters. The number of hydrogen-bond donors (Lipinski definition) is 1. The molecule has 1 aromatic carbocycles. The highest BCUT2D eigenvalue weighted by atomic mass is 16.1. The van der Waals surface area contributed by atoms with Gasteiger partial charge in [-0.25, -0.2) is 0 Å². The second-order valence-electron chi connectivity index (χ2n) is 5.92. The predicted molar refractivity (Wildman–Crippen MR) is 90.7 cm³/mol. The Morgan fingerprint density at radius 3 is 2.79 bits per heavy atom. The van der Waals surface area contributed by atoms with Crippen LogP contribution >= 0.6 is 0 Å². The van der Waals surface area contributed by atoms with E-state index in [0.29, 0.717) is 5.69 Å². The van der Waals surface area contributed by atoms with E-state index >= 15 is 0 Å². The number of carbonyl (C=O) groups excluding carboxylic acids is 1. The van der Waals surface area contributed by atoms with E-state index < -0.39 is 0 Å². The van der Waals surface area contributed by atoms with Crippen LogP contribution in [0.2, 0.25) is 0 Å². The van der Waals surface area contributed by atoms with Gasteiger partial charge in [0.05, 0.1) is 0 Å². The molecule has 3 rings (SSSR count). The summed E-state index contributed by atoms with van der Waals surface area (Å²) in [5.41, 5.74) is 2.29. The quantitative estimate of drug-likeness (QED) is 0.780. The van der Waals surface area contributed by atoms with Crippen LogP contribution in [-0.2, 0) is 20.5 Å². The van der Waals surface area contributed by atoms with Gasteiger partial charge in [-0.15, -0.1) is 10.2 Å². The molecule has 0 aliphatic carbocycles. The first-order valence-electron chi connectivity index (χ1n) is 7.77. The Labute approximate surface area is 140 Å². The fraction of sp³-hybridized carbons (Fsp3) is 0.294. The Morgan fingerprint density at radius 1 is 1.29 bits per heavy atom. The van der Waals surface area contributed by atoms with Crippen molar-refractivity contribution in [1.82, 2.24) is 24.5 Å². The van der Waals surface area contributed by atoms with E-state index in [9.17, 15) is 4.79 Å². The van der Waals surface area contributed by atoms with Crippen LogP contribution in [0.25, 0.3) is 0 Å². The van der Waals surface area contributed by atoms with Gasteiger partial charge in [-0.3, -0.25) is 9.48 Å². The van der Waals surface area contributed by atoms with Crippen molar-refractivity contribution in [2.24, 2.45) is 14.1 Å². The van der Waals surface area contributed by atoms with E-state index in [-0.39, 0.29) is 11.8 Å². The largest absolute Gasteiger partial charge is 0.321 e. The van der Waals surface area contributed by atoms with Gasteiger partial charge in [0.1, 0.15) is 12.2 Å². The second-order valence-corrected chi connectivity index (χ2v) is 5.92. The summed E-state index contributed by atoms with van der Waals surface area (Å²) in [4.78, 5) is 12.2. The maximum absolute atomic E-state index is 12.2. The molecule has 1 N–H and O–H groups in total. The Hall–Kier alpha value is -2.96. The molecule has 0 aliphatic heterocycles. The molecule has 0 fully saturated rings. The van der Waals surface area contributed by atoms with Crippen molar-refractivity contribution in [3.8, 4) is 0 Å². The minimum atomic E-state index is -0.214. The summed E-state index contributed by atoms with van der Waals surface area (Å²) < 4.78 is 3.53. The van der Waals surface area contributed by atoms with Gasteiger partial charge in [0, 0.05) is 32.4 Å². The Kier molecular flexibility index (Phi) is 4.41. The van der Waals surface area contributed by atoms with Gasteiger partial charge in [-0.1, -0.05) is 19.1 Å². The summed E-state index contributed by atoms with van der Waals surface area (Å²) >= 11 is 0. The number of carbonyl (C=O) groups is 1. The third-order valence-corrected chi connectivity index (χ3v) is 3.95. The van der Waals surface area contributed by atoms with Gasteiger partial charge in [0.2, 0.25) is 0 Å². The van der Waals surface area contributed by atoms with Crippen molar-refractivity contribution < 1.29 is 4.79 Å². The van der Waals surface area contributed by atoms with Crippen LogP contribution < -0.4 is 5.32 Å². The summed E-state index contributed by atoms with van der Waals surface area (Å²) in [5, 5.41) is 15.0. The number of aromatic nitrogens is 5. The Bertz CT molecular complexity index is 850. The molecule has 24 heavy (non-hydrogen) atoms. The number of hydrogen-bond acceptors (Lipinski definition) is 4. The molecule has 0 radical (unpaired) electrons. The molecule has 3 aromatic rings. The highest BCUT2D eigenvalue weighted by Crippen LogP contribution is 2.22. The molecule has 7 nitrogen and oxygen atoms in total. The summed E-state index contributed by atoms with van der Waals surface area (Å²) in [6.07, 6.45) is 4.23. The number of nitrogens with zero attached hydrogens (tertiary/aromatic N) is 5. The summed E-state index contributed by atoms with van der Waals surface area (Å²) in [7, 11) is 3.72. The van der Waals surface area contributed by atoms with Gasteiger partial charge < -0.3 is 9.88 Å². The van der Waals surface area contributed by atoms with Gasteiger partial charge in [0.15, 0.2) is 5.69 Å². The number of aryl methyl sites for hydroxylation is 2. The van der Waals surface area contributed by atoms with Gasteiger partial charge >= 0.3 is 0 Å². The Balaban J connectivity index is 1.71. The lowest BCUT2D eigenvalue weighted by molar-refractivity contribution is 0.102. The van der Waals surface area contributed by atoms with Crippen LogP contribution in [0.3, 0.4) is 0 Å². The second kappa shape index (κ2) is 6.66. The third kappa shape index (κ3) is 3.51. The van der Waals surface area contributed by atoms with E-state index in [0.717, 1.165) is 23.5 Å². The van der Waals surface area contributed by atoms with Crippen LogP contribution in [0.4, 0.5) is 5.69 Å². The lowest BCUT2D eigenvalue weighted by atomic mass is 9.97. The van der Waals surface area contributed by atoms with Gasteiger partial charge in [-0.2, -0.15) is 5.10 Å². The van der Waals surface area contributed by atoms with E-state index in [1.165, 1.54) is 0 Å². The molecule has 0 bridgehead atoms. The van der Waals surface area contributed by atoms with Crippen molar-refractivity contribution in [2.45, 2.75) is 19.3 Å². The monoisotopic (exact) mass is 324 g/mol. The summed E-state index contributed by atoms with van der Waals surface area (Å²) in [6, 6.07) is 9.55. The molecule has 2 aromatic heterocycles. The van der Waals surface area contributed by atoms with Crippen LogP contribution in [0.15, 0.2) is 42.9 Å². The standard InChI is InChI=1S/C17H20N6O/c1-12(9-16-20-18-11-22(16)2)13-5-4-6-14(10-13)19-17(24)15-7-8-23(3)21-15/h4-8,10-12H,9H2,1-3H3,(H,19,24)/t12-/m1/s1. The third-order valence-electron chi connectivity index (χ3n) is 3.95. The fourth-order valence-corrected chi connectivity index (χ4v) is 2.54. The topological polar surface area (TPSA) is 77.6 Å². The average molecular weight is 324 g/mol. The van der Waals surface area contributed by atoms with E-state index in [2.05, 4.69) is 33.6 Å². The lowest BCUT2D eigenvalue weighted by Crippen LogP contribution is -2.13. The predicted octanol–water partition coefficient (Wildman–Crippen LogP) is 2.15.